The SMILES string of the molecule is Cc1ccc(F)cc1Nc1cc(S(N)(=O)=O)ccc1N. The second-order valence-electron chi connectivity index (χ2n) is 4.38. The van der Waals surface area contributed by atoms with Crippen LogP contribution in [-0.4, -0.2) is 8.42 Å². The van der Waals surface area contributed by atoms with Crippen LogP contribution < -0.4 is 16.2 Å². The number of nitrogens with two attached hydrogens (primary N) is 2. The summed E-state index contributed by atoms with van der Waals surface area (Å²) in [5.74, 6) is -0.403. The maximum Gasteiger partial charge on any atom is 0.238 e. The van der Waals surface area contributed by atoms with Crippen LogP contribution in [0.15, 0.2) is 41.3 Å². The predicted molar refractivity (Wildman–Crippen MR) is 76.6 cm³/mol. The lowest BCUT2D eigenvalue weighted by Gasteiger charge is -2.13. The van der Waals surface area contributed by atoms with Gasteiger partial charge in [0.15, 0.2) is 0 Å². The highest BCUT2D eigenvalue weighted by atomic mass is 32.2. The van der Waals surface area contributed by atoms with E-state index in [0.29, 0.717) is 17.1 Å². The zero-order valence-electron chi connectivity index (χ0n) is 10.7. The molecular weight excluding hydrogens is 281 g/mol. The molecule has 2 aromatic carbocycles. The quantitative estimate of drug-likeness (QED) is 0.755. The van der Waals surface area contributed by atoms with E-state index in [9.17, 15) is 12.8 Å². The van der Waals surface area contributed by atoms with E-state index in [1.165, 1.54) is 30.3 Å². The summed E-state index contributed by atoms with van der Waals surface area (Å²) in [4.78, 5) is -0.0664. The van der Waals surface area contributed by atoms with Crippen molar-refractivity contribution in [3.8, 4) is 0 Å². The number of nitrogen functional groups attached to an aromatic ring is 1. The minimum Gasteiger partial charge on any atom is -0.397 e. The topological polar surface area (TPSA) is 98.2 Å². The minimum atomic E-state index is -3.82. The monoisotopic (exact) mass is 295 g/mol. The first kappa shape index (κ1) is 14.3. The molecule has 0 aliphatic rings. The first-order chi connectivity index (χ1) is 9.27. The normalized spacial score (nSPS) is 11.3. The van der Waals surface area contributed by atoms with Crippen LogP contribution in [0.1, 0.15) is 5.56 Å². The Hall–Kier alpha value is -2.12. The zero-order chi connectivity index (χ0) is 14.9. The fraction of sp³-hybridized carbons (Fsp3) is 0.0769. The summed E-state index contributed by atoms with van der Waals surface area (Å²) in [6, 6.07) is 8.31. The van der Waals surface area contributed by atoms with Gasteiger partial charge in [-0.05, 0) is 42.8 Å². The molecule has 0 saturated heterocycles. The average molecular weight is 295 g/mol. The van der Waals surface area contributed by atoms with Crippen LogP contribution in [0.5, 0.6) is 0 Å². The third-order valence-corrected chi connectivity index (χ3v) is 3.73. The van der Waals surface area contributed by atoms with Gasteiger partial charge in [0.05, 0.1) is 16.3 Å². The summed E-state index contributed by atoms with van der Waals surface area (Å²) in [7, 11) is -3.82. The molecule has 0 atom stereocenters. The van der Waals surface area contributed by atoms with E-state index in [1.54, 1.807) is 13.0 Å². The molecule has 7 heteroatoms. The lowest BCUT2D eigenvalue weighted by molar-refractivity contribution is 0.598. The van der Waals surface area contributed by atoms with Crippen molar-refractivity contribution in [2.75, 3.05) is 11.1 Å². The number of hydrogen-bond acceptors (Lipinski definition) is 4. The third-order valence-electron chi connectivity index (χ3n) is 2.82. The maximum absolute atomic E-state index is 13.2. The molecule has 0 aromatic heterocycles. The predicted octanol–water partition coefficient (Wildman–Crippen LogP) is 2.11. The van der Waals surface area contributed by atoms with Crippen molar-refractivity contribution < 1.29 is 12.8 Å². The van der Waals surface area contributed by atoms with Gasteiger partial charge in [-0.2, -0.15) is 0 Å². The molecule has 106 valence electrons. The van der Waals surface area contributed by atoms with Crippen molar-refractivity contribution >= 4 is 27.1 Å². The molecule has 0 aliphatic heterocycles. The van der Waals surface area contributed by atoms with Crippen LogP contribution >= 0.6 is 0 Å². The molecule has 0 aliphatic carbocycles. The Morgan fingerprint density at radius 3 is 2.45 bits per heavy atom. The first-order valence-corrected chi connectivity index (χ1v) is 7.27. The van der Waals surface area contributed by atoms with Crippen molar-refractivity contribution in [2.45, 2.75) is 11.8 Å². The van der Waals surface area contributed by atoms with Gasteiger partial charge >= 0.3 is 0 Å². The lowest BCUT2D eigenvalue weighted by atomic mass is 10.2. The molecule has 0 radical (unpaired) electrons. The molecule has 20 heavy (non-hydrogen) atoms. The number of halogens is 1. The summed E-state index contributed by atoms with van der Waals surface area (Å²) >= 11 is 0. The number of nitrogens with one attached hydrogen (secondary N) is 1. The Morgan fingerprint density at radius 1 is 1.10 bits per heavy atom. The molecule has 2 rings (SSSR count). The molecule has 0 amide bonds. The van der Waals surface area contributed by atoms with Gasteiger partial charge in [-0.25, -0.2) is 17.9 Å². The molecule has 0 fully saturated rings. The maximum atomic E-state index is 13.2. The zero-order valence-corrected chi connectivity index (χ0v) is 11.5. The Morgan fingerprint density at radius 2 is 1.80 bits per heavy atom. The number of aryl methyl sites for hydroxylation is 1. The smallest absolute Gasteiger partial charge is 0.238 e. The average Bonchev–Trinajstić information content (AvgIpc) is 2.35. The third kappa shape index (κ3) is 3.06. The molecule has 0 unspecified atom stereocenters. The Labute approximate surface area is 116 Å². The highest BCUT2D eigenvalue weighted by molar-refractivity contribution is 7.89. The van der Waals surface area contributed by atoms with Gasteiger partial charge in [0.25, 0.3) is 0 Å². The van der Waals surface area contributed by atoms with Crippen LogP contribution in [0.25, 0.3) is 0 Å². The van der Waals surface area contributed by atoms with E-state index >= 15 is 0 Å². The van der Waals surface area contributed by atoms with Gasteiger partial charge in [-0.3, -0.25) is 0 Å². The van der Waals surface area contributed by atoms with E-state index in [0.717, 1.165) is 5.56 Å². The number of primary sulfonamides is 1. The Balaban J connectivity index is 2.45. The van der Waals surface area contributed by atoms with Crippen molar-refractivity contribution in [3.05, 3.63) is 47.8 Å². The first-order valence-electron chi connectivity index (χ1n) is 5.73. The summed E-state index contributed by atoms with van der Waals surface area (Å²) < 4.78 is 35.9. The molecule has 2 aromatic rings. The van der Waals surface area contributed by atoms with E-state index in [1.807, 2.05) is 0 Å². The molecule has 0 bridgehead atoms. The number of benzene rings is 2. The molecular formula is C13H14FN3O2S. The van der Waals surface area contributed by atoms with Gasteiger partial charge < -0.3 is 11.1 Å². The van der Waals surface area contributed by atoms with Gasteiger partial charge in [0.2, 0.25) is 10.0 Å². The summed E-state index contributed by atoms with van der Waals surface area (Å²) in [6.45, 7) is 1.79. The number of rotatable bonds is 3. The van der Waals surface area contributed by atoms with E-state index < -0.39 is 15.8 Å². The largest absolute Gasteiger partial charge is 0.397 e. The summed E-state index contributed by atoms with van der Waals surface area (Å²) in [5, 5.41) is 7.98. The van der Waals surface area contributed by atoms with Crippen LogP contribution in [0, 0.1) is 12.7 Å². The second kappa shape index (κ2) is 5.10. The number of anilines is 3. The highest BCUT2D eigenvalue weighted by Crippen LogP contribution is 2.27. The van der Waals surface area contributed by atoms with Crippen LogP contribution in [0.4, 0.5) is 21.5 Å². The van der Waals surface area contributed by atoms with E-state index in [2.05, 4.69) is 5.32 Å². The fourth-order valence-electron chi connectivity index (χ4n) is 1.69. The molecule has 5 nitrogen and oxygen atoms in total. The van der Waals surface area contributed by atoms with Crippen molar-refractivity contribution in [3.63, 3.8) is 0 Å². The lowest BCUT2D eigenvalue weighted by Crippen LogP contribution is -2.12. The molecule has 0 spiro atoms. The number of sulfonamides is 1. The van der Waals surface area contributed by atoms with Crippen molar-refractivity contribution in [1.82, 2.24) is 0 Å². The highest BCUT2D eigenvalue weighted by Gasteiger charge is 2.11. The van der Waals surface area contributed by atoms with Crippen LogP contribution in [0.2, 0.25) is 0 Å². The minimum absolute atomic E-state index is 0.0664. The van der Waals surface area contributed by atoms with Gasteiger partial charge in [0, 0.05) is 5.69 Å². The van der Waals surface area contributed by atoms with Gasteiger partial charge in [-0.15, -0.1) is 0 Å². The fourth-order valence-corrected chi connectivity index (χ4v) is 2.23. The summed E-state index contributed by atoms with van der Waals surface area (Å²) in [6.07, 6.45) is 0. The van der Waals surface area contributed by atoms with E-state index in [4.69, 9.17) is 10.9 Å². The molecule has 0 saturated carbocycles. The number of hydrogen-bond donors (Lipinski definition) is 3. The van der Waals surface area contributed by atoms with E-state index in [-0.39, 0.29) is 4.90 Å². The van der Waals surface area contributed by atoms with Crippen LogP contribution in [-0.2, 0) is 10.0 Å². The Bertz CT molecular complexity index is 760. The summed E-state index contributed by atoms with van der Waals surface area (Å²) in [5.41, 5.74) is 7.76. The van der Waals surface area contributed by atoms with Gasteiger partial charge in [0.1, 0.15) is 5.82 Å². The molecule has 5 N–H and O–H groups in total. The van der Waals surface area contributed by atoms with Gasteiger partial charge in [-0.1, -0.05) is 6.07 Å². The van der Waals surface area contributed by atoms with Crippen molar-refractivity contribution in [2.24, 2.45) is 5.14 Å². The van der Waals surface area contributed by atoms with Crippen LogP contribution in [0.3, 0.4) is 0 Å². The standard InChI is InChI=1S/C13H14FN3O2S/c1-8-2-3-9(14)6-12(8)17-13-7-10(20(16,18)19)4-5-11(13)15/h2-7,17H,15H2,1H3,(H2,16,18,19). The second-order valence-corrected chi connectivity index (χ2v) is 5.94. The Kier molecular flexibility index (Phi) is 3.65. The van der Waals surface area contributed by atoms with Crippen molar-refractivity contribution in [1.29, 1.82) is 0 Å². The molecule has 0 heterocycles.